The van der Waals surface area contributed by atoms with E-state index in [0.717, 1.165) is 5.56 Å². The molecule has 0 radical (unpaired) electrons. The van der Waals surface area contributed by atoms with E-state index in [1.54, 1.807) is 6.92 Å². The van der Waals surface area contributed by atoms with Crippen LogP contribution in [-0.2, 0) is 21.2 Å². The summed E-state index contributed by atoms with van der Waals surface area (Å²) in [6.07, 6.45) is -0.207. The molecule has 2 heterocycles. The SMILES string of the molecule is Cc1noc(C)c1S(=O)(=O)N(C)C(=O)Cc1nc(-c2ccccc2)oc1C. The maximum Gasteiger partial charge on any atom is 0.271 e. The first kappa shape index (κ1) is 18.8. The number of carbonyl (C=O) groups excluding carboxylic acids is 1. The molecule has 0 bridgehead atoms. The molecule has 0 fully saturated rings. The van der Waals surface area contributed by atoms with E-state index in [-0.39, 0.29) is 22.8 Å². The molecule has 0 saturated heterocycles. The molecular formula is C18H19N3O5S. The molecule has 142 valence electrons. The second-order valence-corrected chi connectivity index (χ2v) is 7.99. The lowest BCUT2D eigenvalue weighted by atomic mass is 10.2. The molecule has 0 saturated carbocycles. The average molecular weight is 389 g/mol. The lowest BCUT2D eigenvalue weighted by molar-refractivity contribution is -0.125. The summed E-state index contributed by atoms with van der Waals surface area (Å²) >= 11 is 0. The second kappa shape index (κ2) is 6.99. The van der Waals surface area contributed by atoms with Gasteiger partial charge in [0.1, 0.15) is 11.5 Å². The van der Waals surface area contributed by atoms with Gasteiger partial charge in [0.2, 0.25) is 11.8 Å². The number of hydrogen-bond donors (Lipinski definition) is 0. The van der Waals surface area contributed by atoms with Gasteiger partial charge in [-0.1, -0.05) is 23.4 Å². The number of aryl methyl sites for hydroxylation is 3. The molecule has 0 aliphatic heterocycles. The van der Waals surface area contributed by atoms with Crippen molar-refractivity contribution in [3.8, 4) is 11.5 Å². The monoisotopic (exact) mass is 389 g/mol. The summed E-state index contributed by atoms with van der Waals surface area (Å²) in [6, 6.07) is 9.25. The summed E-state index contributed by atoms with van der Waals surface area (Å²) < 4.78 is 36.7. The summed E-state index contributed by atoms with van der Waals surface area (Å²) in [5.41, 5.74) is 1.37. The van der Waals surface area contributed by atoms with E-state index < -0.39 is 15.9 Å². The van der Waals surface area contributed by atoms with Crippen LogP contribution in [-0.4, -0.2) is 35.8 Å². The number of hydrogen-bond acceptors (Lipinski definition) is 7. The van der Waals surface area contributed by atoms with Crippen molar-refractivity contribution in [3.05, 3.63) is 53.2 Å². The molecule has 0 aliphatic carbocycles. The van der Waals surface area contributed by atoms with E-state index in [4.69, 9.17) is 8.94 Å². The Morgan fingerprint density at radius 2 is 1.78 bits per heavy atom. The first-order valence-electron chi connectivity index (χ1n) is 8.18. The topological polar surface area (TPSA) is 107 Å². The van der Waals surface area contributed by atoms with Crippen molar-refractivity contribution < 1.29 is 22.2 Å². The Kier molecular flexibility index (Phi) is 4.88. The van der Waals surface area contributed by atoms with Crippen LogP contribution in [0.5, 0.6) is 0 Å². The van der Waals surface area contributed by atoms with Gasteiger partial charge in [-0.25, -0.2) is 17.7 Å². The van der Waals surface area contributed by atoms with Crippen LogP contribution in [0.1, 0.15) is 22.9 Å². The number of likely N-dealkylation sites (N-methyl/N-ethyl adjacent to an activating group) is 1. The lowest BCUT2D eigenvalue weighted by Crippen LogP contribution is -2.35. The summed E-state index contributed by atoms with van der Waals surface area (Å²) in [4.78, 5) is 16.8. The standard InChI is InChI=1S/C18H19N3O5S/c1-11-17(13(3)26-20-11)27(23,24)21(4)16(22)10-15-12(2)25-18(19-15)14-8-6-5-7-9-14/h5-9H,10H2,1-4H3. The van der Waals surface area contributed by atoms with Crippen LogP contribution in [0.2, 0.25) is 0 Å². The normalized spacial score (nSPS) is 11.6. The predicted molar refractivity (Wildman–Crippen MR) is 96.3 cm³/mol. The highest BCUT2D eigenvalue weighted by molar-refractivity contribution is 7.89. The van der Waals surface area contributed by atoms with Gasteiger partial charge in [-0.05, 0) is 32.9 Å². The van der Waals surface area contributed by atoms with E-state index in [1.165, 1.54) is 20.9 Å². The summed E-state index contributed by atoms with van der Waals surface area (Å²) in [5, 5.41) is 3.64. The maximum absolute atomic E-state index is 12.7. The van der Waals surface area contributed by atoms with Gasteiger partial charge in [-0.3, -0.25) is 4.79 Å². The summed E-state index contributed by atoms with van der Waals surface area (Å²) in [6.45, 7) is 4.68. The number of benzene rings is 1. The zero-order valence-corrected chi connectivity index (χ0v) is 16.2. The van der Waals surface area contributed by atoms with Crippen molar-refractivity contribution in [3.63, 3.8) is 0 Å². The molecule has 1 amide bonds. The van der Waals surface area contributed by atoms with Crippen molar-refractivity contribution in [1.29, 1.82) is 0 Å². The minimum Gasteiger partial charge on any atom is -0.441 e. The Balaban J connectivity index is 1.84. The largest absolute Gasteiger partial charge is 0.441 e. The quantitative estimate of drug-likeness (QED) is 0.660. The molecule has 2 aromatic heterocycles. The molecule has 3 rings (SSSR count). The fraction of sp³-hybridized carbons (Fsp3) is 0.278. The summed E-state index contributed by atoms with van der Waals surface area (Å²) in [7, 11) is -2.86. The molecular weight excluding hydrogens is 370 g/mol. The molecule has 8 nitrogen and oxygen atoms in total. The molecule has 0 N–H and O–H groups in total. The fourth-order valence-corrected chi connectivity index (χ4v) is 4.08. The third-order valence-electron chi connectivity index (χ3n) is 4.17. The number of carbonyl (C=O) groups is 1. The Bertz CT molecular complexity index is 1060. The van der Waals surface area contributed by atoms with Crippen molar-refractivity contribution in [2.75, 3.05) is 7.05 Å². The minimum atomic E-state index is -4.07. The first-order chi connectivity index (χ1) is 12.7. The number of aromatic nitrogens is 2. The molecule has 9 heteroatoms. The zero-order chi connectivity index (χ0) is 19.8. The third kappa shape index (κ3) is 3.50. The maximum atomic E-state index is 12.7. The Labute approximate surface area is 156 Å². The molecule has 0 atom stereocenters. The van der Waals surface area contributed by atoms with Gasteiger partial charge in [0.15, 0.2) is 10.7 Å². The highest BCUT2D eigenvalue weighted by Crippen LogP contribution is 2.25. The van der Waals surface area contributed by atoms with Crippen LogP contribution in [0, 0.1) is 20.8 Å². The zero-order valence-electron chi connectivity index (χ0n) is 15.4. The summed E-state index contributed by atoms with van der Waals surface area (Å²) in [5.74, 6) is 0.347. The smallest absolute Gasteiger partial charge is 0.271 e. The van der Waals surface area contributed by atoms with E-state index in [0.29, 0.717) is 21.7 Å². The van der Waals surface area contributed by atoms with Crippen molar-refractivity contribution in [1.82, 2.24) is 14.4 Å². The molecule has 0 unspecified atom stereocenters. The average Bonchev–Trinajstić information content (AvgIpc) is 3.17. The Morgan fingerprint density at radius 3 is 2.37 bits per heavy atom. The van der Waals surface area contributed by atoms with Gasteiger partial charge in [0.25, 0.3) is 10.0 Å². The van der Waals surface area contributed by atoms with Gasteiger partial charge < -0.3 is 8.94 Å². The third-order valence-corrected chi connectivity index (χ3v) is 6.19. The van der Waals surface area contributed by atoms with Gasteiger partial charge in [0, 0.05) is 12.6 Å². The molecule has 0 spiro atoms. The lowest BCUT2D eigenvalue weighted by Gasteiger charge is -2.16. The number of amides is 1. The van der Waals surface area contributed by atoms with Crippen LogP contribution in [0.4, 0.5) is 0 Å². The van der Waals surface area contributed by atoms with Gasteiger partial charge >= 0.3 is 0 Å². The van der Waals surface area contributed by atoms with E-state index in [2.05, 4.69) is 10.1 Å². The van der Waals surface area contributed by atoms with Gasteiger partial charge in [-0.15, -0.1) is 0 Å². The van der Waals surface area contributed by atoms with E-state index >= 15 is 0 Å². The van der Waals surface area contributed by atoms with Gasteiger partial charge in [-0.2, -0.15) is 0 Å². The highest BCUT2D eigenvalue weighted by atomic mass is 32.2. The number of rotatable bonds is 5. The van der Waals surface area contributed by atoms with Crippen LogP contribution in [0.15, 0.2) is 44.2 Å². The van der Waals surface area contributed by atoms with Crippen molar-refractivity contribution in [2.45, 2.75) is 32.1 Å². The molecule has 27 heavy (non-hydrogen) atoms. The number of nitrogens with zero attached hydrogens (tertiary/aromatic N) is 3. The van der Waals surface area contributed by atoms with E-state index in [9.17, 15) is 13.2 Å². The van der Waals surface area contributed by atoms with Crippen LogP contribution in [0.3, 0.4) is 0 Å². The first-order valence-corrected chi connectivity index (χ1v) is 9.62. The predicted octanol–water partition coefficient (Wildman–Crippen LogP) is 2.64. The molecule has 0 aliphatic rings. The van der Waals surface area contributed by atoms with Crippen molar-refractivity contribution >= 4 is 15.9 Å². The Morgan fingerprint density at radius 1 is 1.11 bits per heavy atom. The van der Waals surface area contributed by atoms with E-state index in [1.807, 2.05) is 30.3 Å². The van der Waals surface area contributed by atoms with Gasteiger partial charge in [0.05, 0.1) is 12.1 Å². The fourth-order valence-electron chi connectivity index (χ4n) is 2.66. The highest BCUT2D eigenvalue weighted by Gasteiger charge is 2.32. The Hall–Kier alpha value is -2.94. The number of oxazole rings is 1. The minimum absolute atomic E-state index is 0.0970. The van der Waals surface area contributed by atoms with Crippen LogP contribution < -0.4 is 0 Å². The van der Waals surface area contributed by atoms with Crippen molar-refractivity contribution in [2.24, 2.45) is 0 Å². The second-order valence-electron chi connectivity index (χ2n) is 6.08. The number of sulfonamides is 1. The molecule has 3 aromatic rings. The molecule has 1 aromatic carbocycles. The van der Waals surface area contributed by atoms with Crippen LogP contribution in [0.25, 0.3) is 11.5 Å². The van der Waals surface area contributed by atoms with Crippen LogP contribution >= 0.6 is 0 Å².